The Balaban J connectivity index is 1.57. The molecule has 2 aromatic rings. The number of H-pyrrole nitrogens is 1. The number of likely N-dealkylation sites (tertiary alicyclic amines) is 1. The number of piperidine rings is 1. The topological polar surface area (TPSA) is 31.9 Å². The second-order valence-electron chi connectivity index (χ2n) is 5.84. The number of aromatic nitrogens is 2. The molecule has 2 heterocycles. The van der Waals surface area contributed by atoms with Crippen LogP contribution < -0.4 is 0 Å². The van der Waals surface area contributed by atoms with Crippen molar-refractivity contribution in [2.24, 2.45) is 0 Å². The molecule has 1 atom stereocenters. The highest BCUT2D eigenvalue weighted by molar-refractivity contribution is 5.20. The Morgan fingerprint density at radius 3 is 2.90 bits per heavy atom. The van der Waals surface area contributed by atoms with Crippen molar-refractivity contribution in [1.29, 1.82) is 0 Å². The van der Waals surface area contributed by atoms with Crippen molar-refractivity contribution in [2.75, 3.05) is 19.6 Å². The van der Waals surface area contributed by atoms with E-state index in [1.165, 1.54) is 36.2 Å². The van der Waals surface area contributed by atoms with Crippen LogP contribution in [-0.2, 0) is 6.42 Å². The molecule has 0 spiro atoms. The van der Waals surface area contributed by atoms with Gasteiger partial charge >= 0.3 is 0 Å². The molecule has 0 saturated carbocycles. The van der Waals surface area contributed by atoms with Gasteiger partial charge in [0.2, 0.25) is 0 Å². The molecule has 1 fully saturated rings. The summed E-state index contributed by atoms with van der Waals surface area (Å²) in [6, 6.07) is 10.8. The fraction of sp³-hybridized carbons (Fsp3) is 0.471. The highest BCUT2D eigenvalue weighted by Crippen LogP contribution is 2.27. The second kappa shape index (κ2) is 6.23. The first-order valence-electron chi connectivity index (χ1n) is 7.59. The van der Waals surface area contributed by atoms with Gasteiger partial charge in [-0.25, -0.2) is 0 Å². The summed E-state index contributed by atoms with van der Waals surface area (Å²) in [6.07, 6.45) is 5.66. The lowest BCUT2D eigenvalue weighted by Gasteiger charge is -2.32. The van der Waals surface area contributed by atoms with Crippen LogP contribution >= 0.6 is 0 Å². The number of nitrogens with zero attached hydrogens (tertiary/aromatic N) is 2. The smallest absolute Gasteiger partial charge is 0.0519 e. The Hall–Kier alpha value is -1.61. The van der Waals surface area contributed by atoms with E-state index in [0.29, 0.717) is 5.92 Å². The summed E-state index contributed by atoms with van der Waals surface area (Å²) in [5.41, 5.74) is 4.08. The molecule has 0 unspecified atom stereocenters. The van der Waals surface area contributed by atoms with Crippen molar-refractivity contribution in [3.05, 3.63) is 53.3 Å². The highest BCUT2D eigenvalue weighted by Gasteiger charge is 2.23. The Morgan fingerprint density at radius 2 is 2.15 bits per heavy atom. The van der Waals surface area contributed by atoms with Gasteiger partial charge in [-0.15, -0.1) is 0 Å². The number of nitrogens with one attached hydrogen (secondary N) is 1. The van der Waals surface area contributed by atoms with E-state index in [-0.39, 0.29) is 0 Å². The monoisotopic (exact) mass is 269 g/mol. The van der Waals surface area contributed by atoms with Crippen LogP contribution in [0.5, 0.6) is 0 Å². The predicted octanol–water partition coefficient (Wildman–Crippen LogP) is 3.14. The highest BCUT2D eigenvalue weighted by atomic mass is 15.1. The summed E-state index contributed by atoms with van der Waals surface area (Å²) >= 11 is 0. The van der Waals surface area contributed by atoms with Gasteiger partial charge in [0.05, 0.1) is 6.20 Å². The third-order valence-electron chi connectivity index (χ3n) is 4.34. The molecule has 1 N–H and O–H groups in total. The van der Waals surface area contributed by atoms with Crippen molar-refractivity contribution in [3.63, 3.8) is 0 Å². The fourth-order valence-corrected chi connectivity index (χ4v) is 3.20. The Labute approximate surface area is 121 Å². The molecule has 0 amide bonds. The molecular weight excluding hydrogens is 246 g/mol. The summed E-state index contributed by atoms with van der Waals surface area (Å²) in [5.74, 6) is 0.627. The van der Waals surface area contributed by atoms with Crippen LogP contribution in [0.25, 0.3) is 0 Å². The number of aryl methyl sites for hydroxylation is 1. The normalized spacial score (nSPS) is 20.1. The third kappa shape index (κ3) is 3.10. The van der Waals surface area contributed by atoms with Crippen LogP contribution in [0.15, 0.2) is 36.5 Å². The maximum absolute atomic E-state index is 4.17. The minimum atomic E-state index is 0.627. The molecule has 106 valence electrons. The molecule has 1 aromatic carbocycles. The van der Waals surface area contributed by atoms with Gasteiger partial charge in [0.1, 0.15) is 0 Å². The maximum atomic E-state index is 4.17. The molecule has 1 aliphatic heterocycles. The number of rotatable bonds is 4. The van der Waals surface area contributed by atoms with E-state index in [0.717, 1.165) is 19.5 Å². The maximum Gasteiger partial charge on any atom is 0.0519 e. The zero-order valence-electron chi connectivity index (χ0n) is 12.2. The van der Waals surface area contributed by atoms with Crippen LogP contribution in [0.1, 0.15) is 35.6 Å². The zero-order valence-corrected chi connectivity index (χ0v) is 12.2. The van der Waals surface area contributed by atoms with Gasteiger partial charge < -0.3 is 4.90 Å². The zero-order chi connectivity index (χ0) is 13.8. The van der Waals surface area contributed by atoms with E-state index in [2.05, 4.69) is 52.4 Å². The molecule has 0 aliphatic carbocycles. The van der Waals surface area contributed by atoms with Crippen LogP contribution in [0.2, 0.25) is 0 Å². The molecule has 3 heteroatoms. The third-order valence-corrected chi connectivity index (χ3v) is 4.34. The molecule has 20 heavy (non-hydrogen) atoms. The average molecular weight is 269 g/mol. The Kier molecular flexibility index (Phi) is 4.16. The number of hydrogen-bond donors (Lipinski definition) is 1. The van der Waals surface area contributed by atoms with E-state index in [1.807, 2.05) is 6.20 Å². The van der Waals surface area contributed by atoms with Gasteiger partial charge in [0, 0.05) is 24.7 Å². The van der Waals surface area contributed by atoms with Crippen molar-refractivity contribution in [2.45, 2.75) is 32.1 Å². The van der Waals surface area contributed by atoms with Gasteiger partial charge in [-0.1, -0.05) is 30.3 Å². The summed E-state index contributed by atoms with van der Waals surface area (Å²) in [7, 11) is 0. The van der Waals surface area contributed by atoms with E-state index in [1.54, 1.807) is 0 Å². The lowest BCUT2D eigenvalue weighted by atomic mass is 9.92. The largest absolute Gasteiger partial charge is 0.302 e. The van der Waals surface area contributed by atoms with Crippen LogP contribution in [0, 0.1) is 6.92 Å². The first-order chi connectivity index (χ1) is 9.83. The summed E-state index contributed by atoms with van der Waals surface area (Å²) in [5, 5.41) is 7.36. The van der Waals surface area contributed by atoms with Crippen molar-refractivity contribution >= 4 is 0 Å². The van der Waals surface area contributed by atoms with E-state index in [4.69, 9.17) is 0 Å². The predicted molar refractivity (Wildman–Crippen MR) is 81.9 cm³/mol. The standard InChI is InChI=1S/C17H23N3/c1-14-12-18-19-17(14)16-8-5-10-20(13-16)11-9-15-6-3-2-4-7-15/h2-4,6-7,12,16H,5,8-11,13H2,1H3,(H,18,19)/t16-/m1/s1. The average Bonchev–Trinajstić information content (AvgIpc) is 2.93. The molecule has 1 aromatic heterocycles. The second-order valence-corrected chi connectivity index (χ2v) is 5.84. The lowest BCUT2D eigenvalue weighted by Crippen LogP contribution is -2.36. The van der Waals surface area contributed by atoms with Crippen molar-refractivity contribution in [1.82, 2.24) is 15.1 Å². The number of hydrogen-bond acceptors (Lipinski definition) is 2. The van der Waals surface area contributed by atoms with E-state index >= 15 is 0 Å². The van der Waals surface area contributed by atoms with Crippen LogP contribution in [0.4, 0.5) is 0 Å². The Bertz CT molecular complexity index is 532. The molecule has 1 aliphatic rings. The minimum Gasteiger partial charge on any atom is -0.302 e. The molecule has 3 rings (SSSR count). The van der Waals surface area contributed by atoms with Gasteiger partial charge in [-0.2, -0.15) is 5.10 Å². The quantitative estimate of drug-likeness (QED) is 0.924. The first kappa shape index (κ1) is 13.4. The van der Waals surface area contributed by atoms with Gasteiger partial charge in [0.15, 0.2) is 0 Å². The van der Waals surface area contributed by atoms with Crippen molar-refractivity contribution in [3.8, 4) is 0 Å². The lowest BCUT2D eigenvalue weighted by molar-refractivity contribution is 0.208. The molecule has 0 bridgehead atoms. The van der Waals surface area contributed by atoms with Gasteiger partial charge in [0.25, 0.3) is 0 Å². The number of aromatic amines is 1. The van der Waals surface area contributed by atoms with E-state index < -0.39 is 0 Å². The minimum absolute atomic E-state index is 0.627. The fourth-order valence-electron chi connectivity index (χ4n) is 3.20. The summed E-state index contributed by atoms with van der Waals surface area (Å²) < 4.78 is 0. The SMILES string of the molecule is Cc1cn[nH]c1[C@@H]1CCCN(CCc2ccccc2)C1. The first-order valence-corrected chi connectivity index (χ1v) is 7.59. The molecule has 1 saturated heterocycles. The summed E-state index contributed by atoms with van der Waals surface area (Å²) in [4.78, 5) is 2.60. The van der Waals surface area contributed by atoms with Crippen molar-refractivity contribution < 1.29 is 0 Å². The summed E-state index contributed by atoms with van der Waals surface area (Å²) in [6.45, 7) is 5.71. The molecular formula is C17H23N3. The van der Waals surface area contributed by atoms with E-state index in [9.17, 15) is 0 Å². The van der Waals surface area contributed by atoms with Gasteiger partial charge in [-0.05, 0) is 43.9 Å². The number of benzene rings is 1. The Morgan fingerprint density at radius 1 is 1.30 bits per heavy atom. The van der Waals surface area contributed by atoms with Gasteiger partial charge in [-0.3, -0.25) is 5.10 Å². The van der Waals surface area contributed by atoms with Crippen LogP contribution in [-0.4, -0.2) is 34.7 Å². The van der Waals surface area contributed by atoms with Crippen LogP contribution in [0.3, 0.4) is 0 Å². The molecule has 0 radical (unpaired) electrons. The molecule has 3 nitrogen and oxygen atoms in total.